The number of amides is 1. The van der Waals surface area contributed by atoms with E-state index in [-0.39, 0.29) is 19.0 Å². The molecule has 0 unspecified atom stereocenters. The number of hydrogen-bond acceptors (Lipinski definition) is 3. The third-order valence-electron chi connectivity index (χ3n) is 3.14. The number of benzene rings is 1. The van der Waals surface area contributed by atoms with Crippen LogP contribution < -0.4 is 5.32 Å². The number of aromatic hydroxyl groups is 1. The smallest absolute Gasteiger partial charge is 0.236 e. The van der Waals surface area contributed by atoms with Gasteiger partial charge in [0.25, 0.3) is 0 Å². The molecule has 4 nitrogen and oxygen atoms in total. The Morgan fingerprint density at radius 2 is 1.84 bits per heavy atom. The van der Waals surface area contributed by atoms with E-state index >= 15 is 0 Å². The number of phenols is 1. The fourth-order valence-corrected chi connectivity index (χ4v) is 2.11. The number of rotatable bonds is 4. The number of nitrogens with zero attached hydrogens (tertiary/aromatic N) is 1. The predicted octanol–water partition coefficient (Wildman–Crippen LogP) is 1.38. The second-order valence-electron chi connectivity index (χ2n) is 4.60. The zero-order valence-electron chi connectivity index (χ0n) is 10.5. The summed E-state index contributed by atoms with van der Waals surface area (Å²) in [4.78, 5) is 13.5. The summed E-state index contributed by atoms with van der Waals surface area (Å²) in [5.74, 6) is -2.97. The Bertz CT molecular complexity index is 451. The van der Waals surface area contributed by atoms with E-state index < -0.39 is 17.4 Å². The minimum atomic E-state index is -0.998. The molecule has 1 aromatic rings. The molecule has 0 saturated carbocycles. The Kier molecular flexibility index (Phi) is 4.31. The highest BCUT2D eigenvalue weighted by Crippen LogP contribution is 2.21. The molecule has 1 heterocycles. The average molecular weight is 270 g/mol. The van der Waals surface area contributed by atoms with Gasteiger partial charge in [-0.1, -0.05) is 0 Å². The first-order valence-corrected chi connectivity index (χ1v) is 6.23. The van der Waals surface area contributed by atoms with E-state index in [9.17, 15) is 13.6 Å². The Morgan fingerprint density at radius 1 is 1.26 bits per heavy atom. The molecular formula is C13H16F2N2O2. The quantitative estimate of drug-likeness (QED) is 0.869. The van der Waals surface area contributed by atoms with Gasteiger partial charge in [0.1, 0.15) is 0 Å². The highest BCUT2D eigenvalue weighted by Gasteiger charge is 2.17. The van der Waals surface area contributed by atoms with Crippen LogP contribution in [0.3, 0.4) is 0 Å². The second kappa shape index (κ2) is 5.97. The number of likely N-dealkylation sites (tertiary alicyclic amines) is 1. The fourth-order valence-electron chi connectivity index (χ4n) is 2.11. The van der Waals surface area contributed by atoms with Gasteiger partial charge in [0.05, 0.1) is 6.54 Å². The predicted molar refractivity (Wildman–Crippen MR) is 65.5 cm³/mol. The zero-order valence-corrected chi connectivity index (χ0v) is 10.5. The molecule has 2 rings (SSSR count). The van der Waals surface area contributed by atoms with Gasteiger partial charge in [0.2, 0.25) is 5.91 Å². The highest BCUT2D eigenvalue weighted by molar-refractivity contribution is 5.78. The van der Waals surface area contributed by atoms with Crippen molar-refractivity contribution in [3.8, 4) is 5.75 Å². The van der Waals surface area contributed by atoms with Crippen LogP contribution in [-0.2, 0) is 11.3 Å². The van der Waals surface area contributed by atoms with Crippen molar-refractivity contribution in [2.75, 3.05) is 19.6 Å². The van der Waals surface area contributed by atoms with Gasteiger partial charge in [-0.3, -0.25) is 4.79 Å². The lowest BCUT2D eigenvalue weighted by Gasteiger charge is -2.15. The van der Waals surface area contributed by atoms with Crippen molar-refractivity contribution >= 4 is 5.91 Å². The van der Waals surface area contributed by atoms with E-state index in [1.807, 2.05) is 0 Å². The highest BCUT2D eigenvalue weighted by atomic mass is 19.1. The van der Waals surface area contributed by atoms with Crippen molar-refractivity contribution in [3.63, 3.8) is 0 Å². The van der Waals surface area contributed by atoms with Crippen LogP contribution in [0, 0.1) is 11.6 Å². The maximum Gasteiger partial charge on any atom is 0.236 e. The molecular weight excluding hydrogens is 254 g/mol. The van der Waals surface area contributed by atoms with E-state index in [2.05, 4.69) is 5.32 Å². The molecule has 0 aliphatic carbocycles. The molecule has 0 bridgehead atoms. The normalized spacial score (nSPS) is 14.9. The molecule has 1 saturated heterocycles. The van der Waals surface area contributed by atoms with Crippen LogP contribution in [0.4, 0.5) is 8.78 Å². The lowest BCUT2D eigenvalue weighted by molar-refractivity contribution is -0.129. The molecule has 0 atom stereocenters. The maximum absolute atomic E-state index is 13.1. The maximum atomic E-state index is 13.1. The van der Waals surface area contributed by atoms with E-state index in [1.165, 1.54) is 0 Å². The van der Waals surface area contributed by atoms with Crippen LogP contribution in [0.5, 0.6) is 5.75 Å². The van der Waals surface area contributed by atoms with Gasteiger partial charge in [0, 0.05) is 19.6 Å². The average Bonchev–Trinajstić information content (AvgIpc) is 2.89. The molecule has 1 aromatic carbocycles. The summed E-state index contributed by atoms with van der Waals surface area (Å²) in [6.45, 7) is 1.88. The third-order valence-corrected chi connectivity index (χ3v) is 3.14. The molecule has 1 aliphatic heterocycles. The Hall–Kier alpha value is -1.69. The standard InChI is InChI=1S/C13H16F2N2O2/c14-10-5-9(6-11(15)13(10)19)7-16-8-12(18)17-3-1-2-4-17/h5-6,16,19H,1-4,7-8H2. The first-order valence-electron chi connectivity index (χ1n) is 6.23. The third kappa shape index (κ3) is 3.41. The molecule has 0 spiro atoms. The van der Waals surface area contributed by atoms with E-state index in [1.54, 1.807) is 4.90 Å². The summed E-state index contributed by atoms with van der Waals surface area (Å²) in [6, 6.07) is 2.09. The summed E-state index contributed by atoms with van der Waals surface area (Å²) in [6.07, 6.45) is 2.06. The number of hydrogen-bond donors (Lipinski definition) is 2. The monoisotopic (exact) mass is 270 g/mol. The molecule has 19 heavy (non-hydrogen) atoms. The van der Waals surface area contributed by atoms with E-state index in [4.69, 9.17) is 5.11 Å². The van der Waals surface area contributed by atoms with Crippen molar-refractivity contribution in [3.05, 3.63) is 29.3 Å². The van der Waals surface area contributed by atoms with Gasteiger partial charge in [-0.15, -0.1) is 0 Å². The van der Waals surface area contributed by atoms with Gasteiger partial charge in [-0.2, -0.15) is 0 Å². The second-order valence-corrected chi connectivity index (χ2v) is 4.60. The van der Waals surface area contributed by atoms with Crippen molar-refractivity contribution in [2.24, 2.45) is 0 Å². The number of carbonyl (C=O) groups excluding carboxylic acids is 1. The number of nitrogens with one attached hydrogen (secondary N) is 1. The summed E-state index contributed by atoms with van der Waals surface area (Å²) in [7, 11) is 0. The molecule has 0 aromatic heterocycles. The summed E-state index contributed by atoms with van der Waals surface area (Å²) >= 11 is 0. The van der Waals surface area contributed by atoms with Crippen LogP contribution in [0.2, 0.25) is 0 Å². The van der Waals surface area contributed by atoms with Gasteiger partial charge < -0.3 is 15.3 Å². The van der Waals surface area contributed by atoms with E-state index in [0.29, 0.717) is 5.56 Å². The molecule has 2 N–H and O–H groups in total. The molecule has 1 amide bonds. The summed E-state index contributed by atoms with van der Waals surface area (Å²) < 4.78 is 26.2. The van der Waals surface area contributed by atoms with Gasteiger partial charge in [-0.25, -0.2) is 8.78 Å². The Balaban J connectivity index is 1.84. The fraction of sp³-hybridized carbons (Fsp3) is 0.462. The van der Waals surface area contributed by atoms with Crippen LogP contribution in [-0.4, -0.2) is 35.5 Å². The van der Waals surface area contributed by atoms with Crippen molar-refractivity contribution < 1.29 is 18.7 Å². The largest absolute Gasteiger partial charge is 0.503 e. The van der Waals surface area contributed by atoms with Crippen molar-refractivity contribution in [2.45, 2.75) is 19.4 Å². The molecule has 1 aliphatic rings. The van der Waals surface area contributed by atoms with Crippen molar-refractivity contribution in [1.29, 1.82) is 0 Å². The molecule has 104 valence electrons. The first-order chi connectivity index (χ1) is 9.08. The van der Waals surface area contributed by atoms with Crippen LogP contribution in [0.25, 0.3) is 0 Å². The molecule has 1 fully saturated rings. The number of carbonyl (C=O) groups is 1. The lowest BCUT2D eigenvalue weighted by Crippen LogP contribution is -2.36. The Labute approximate surface area is 110 Å². The van der Waals surface area contributed by atoms with Crippen LogP contribution >= 0.6 is 0 Å². The minimum Gasteiger partial charge on any atom is -0.503 e. The van der Waals surface area contributed by atoms with Gasteiger partial charge >= 0.3 is 0 Å². The molecule has 6 heteroatoms. The summed E-state index contributed by atoms with van der Waals surface area (Å²) in [5, 5.41) is 11.8. The van der Waals surface area contributed by atoms with Crippen LogP contribution in [0.15, 0.2) is 12.1 Å². The SMILES string of the molecule is O=C(CNCc1cc(F)c(O)c(F)c1)N1CCCC1. The molecule has 0 radical (unpaired) electrons. The van der Waals surface area contributed by atoms with E-state index in [0.717, 1.165) is 38.1 Å². The Morgan fingerprint density at radius 3 is 2.42 bits per heavy atom. The number of halogens is 2. The first kappa shape index (κ1) is 13.7. The number of phenolic OH excluding ortho intramolecular Hbond substituents is 1. The minimum absolute atomic E-state index is 0.00257. The lowest BCUT2D eigenvalue weighted by atomic mass is 10.2. The zero-order chi connectivity index (χ0) is 13.8. The van der Waals surface area contributed by atoms with Gasteiger partial charge in [-0.05, 0) is 30.5 Å². The van der Waals surface area contributed by atoms with Crippen molar-refractivity contribution in [1.82, 2.24) is 10.2 Å². The summed E-state index contributed by atoms with van der Waals surface area (Å²) in [5.41, 5.74) is 0.349. The van der Waals surface area contributed by atoms with Crippen LogP contribution in [0.1, 0.15) is 18.4 Å². The van der Waals surface area contributed by atoms with Gasteiger partial charge in [0.15, 0.2) is 17.4 Å². The topological polar surface area (TPSA) is 52.6 Å².